The molecule has 0 radical (unpaired) electrons. The van der Waals surface area contributed by atoms with Crippen LogP contribution in [0.3, 0.4) is 0 Å². The third kappa shape index (κ3) is 69.1. The first kappa shape index (κ1) is 98.1. The molecule has 0 aromatic rings. The molecule has 0 aliphatic rings. The summed E-state index contributed by atoms with van der Waals surface area (Å²) in [5, 5.41) is 10.6. The standard InChI is InChI=1S/C81H158O17P2/c1-9-71(5)57-49-41-33-25-21-19-17-15-13-14-16-18-20-22-28-39-47-55-63-80(85)97-76(67-91-78(83)61-53-45-37-27-24-23-26-34-42-50-58-72(6)10-2)69-95-99(87,88)93-65-75(82)66-94-100(89,90)96-70-77(98-81(86)64-56-48-40-32-30-36-44-52-60-74(8)12-4)68-92-79(84)62-54-46-38-31-29-35-43-51-59-73(7)11-3/h71-77,82H,9-70H2,1-8H3,(H,87,88)(H,89,90)/t71?,72?,73?,74?,75-,76-,77-/m1/s1. The number of ether oxygens (including phenoxy) is 4. The summed E-state index contributed by atoms with van der Waals surface area (Å²) in [6.45, 7) is 14.3. The Balaban J connectivity index is 5.23. The number of hydrogen-bond donors (Lipinski definition) is 3. The second-order valence-corrected chi connectivity index (χ2v) is 33.0. The van der Waals surface area contributed by atoms with E-state index in [-0.39, 0.29) is 25.7 Å². The Morgan fingerprint density at radius 2 is 0.450 bits per heavy atom. The largest absolute Gasteiger partial charge is 0.472 e. The smallest absolute Gasteiger partial charge is 0.462 e. The fourth-order valence-corrected chi connectivity index (χ4v) is 13.9. The normalized spacial score (nSPS) is 15.1. The molecule has 0 amide bonds. The zero-order valence-electron chi connectivity index (χ0n) is 65.8. The average molecular weight is 1470 g/mol. The van der Waals surface area contributed by atoms with Gasteiger partial charge in [-0.3, -0.25) is 37.3 Å². The monoisotopic (exact) mass is 1470 g/mol. The summed E-state index contributed by atoms with van der Waals surface area (Å²) in [5.41, 5.74) is 0. The number of rotatable bonds is 78. The van der Waals surface area contributed by atoms with Crippen molar-refractivity contribution in [1.29, 1.82) is 0 Å². The van der Waals surface area contributed by atoms with Gasteiger partial charge in [-0.05, 0) is 49.4 Å². The number of unbranched alkanes of at least 4 members (excludes halogenated alkanes) is 40. The minimum absolute atomic E-state index is 0.104. The maximum Gasteiger partial charge on any atom is 0.472 e. The zero-order valence-corrected chi connectivity index (χ0v) is 67.6. The minimum Gasteiger partial charge on any atom is -0.462 e. The lowest BCUT2D eigenvalue weighted by Crippen LogP contribution is -2.30. The molecule has 6 unspecified atom stereocenters. The number of carbonyl (C=O) groups excluding carboxylic acids is 4. The Kier molecular flexibility index (Phi) is 68.7. The molecule has 19 heteroatoms. The SMILES string of the molecule is CCC(C)CCCCCCCCCCCCCCCCCCCCC(=O)O[C@H](COC(=O)CCCCCCCCCCCCC(C)CC)COP(=O)(O)OC[C@@H](O)COP(=O)(O)OC[C@@H](COC(=O)CCCCCCCCCCC(C)CC)OC(=O)CCCCCCCCCCC(C)CC. The van der Waals surface area contributed by atoms with Crippen LogP contribution in [0.5, 0.6) is 0 Å². The van der Waals surface area contributed by atoms with Crippen LogP contribution < -0.4 is 0 Å². The van der Waals surface area contributed by atoms with E-state index in [9.17, 15) is 43.2 Å². The second kappa shape index (κ2) is 70.1. The fraction of sp³-hybridized carbons (Fsp3) is 0.951. The van der Waals surface area contributed by atoms with E-state index >= 15 is 0 Å². The number of carbonyl (C=O) groups is 4. The lowest BCUT2D eigenvalue weighted by atomic mass is 9.99. The first-order valence-corrected chi connectivity index (χ1v) is 44.8. The average Bonchev–Trinajstić information content (AvgIpc) is 0.920. The molecule has 3 N–H and O–H groups in total. The van der Waals surface area contributed by atoms with Crippen molar-refractivity contribution in [1.82, 2.24) is 0 Å². The summed E-state index contributed by atoms with van der Waals surface area (Å²) >= 11 is 0. The molecule has 0 aliphatic carbocycles. The van der Waals surface area contributed by atoms with Gasteiger partial charge in [-0.1, -0.05) is 364 Å². The quantitative estimate of drug-likeness (QED) is 0.0222. The van der Waals surface area contributed by atoms with Crippen LogP contribution in [0.15, 0.2) is 0 Å². The summed E-state index contributed by atoms with van der Waals surface area (Å²) in [6, 6.07) is 0. The van der Waals surface area contributed by atoms with E-state index in [1.54, 1.807) is 0 Å². The highest BCUT2D eigenvalue weighted by Crippen LogP contribution is 2.45. The predicted octanol–water partition coefficient (Wildman–Crippen LogP) is 24.0. The van der Waals surface area contributed by atoms with E-state index in [1.165, 1.54) is 218 Å². The molecule has 0 saturated carbocycles. The van der Waals surface area contributed by atoms with E-state index in [0.717, 1.165) is 114 Å². The van der Waals surface area contributed by atoms with Crippen LogP contribution in [0, 0.1) is 23.7 Å². The molecule has 0 aromatic carbocycles. The Morgan fingerprint density at radius 1 is 0.270 bits per heavy atom. The molecular weight excluding hydrogens is 1310 g/mol. The first-order valence-electron chi connectivity index (χ1n) is 41.9. The van der Waals surface area contributed by atoms with Gasteiger partial charge in [0, 0.05) is 25.7 Å². The summed E-state index contributed by atoms with van der Waals surface area (Å²) in [7, 11) is -9.92. The van der Waals surface area contributed by atoms with Gasteiger partial charge in [0.2, 0.25) is 0 Å². The fourth-order valence-electron chi connectivity index (χ4n) is 12.3. The molecular formula is C81H158O17P2. The van der Waals surface area contributed by atoms with Crippen molar-refractivity contribution in [2.45, 2.75) is 433 Å². The van der Waals surface area contributed by atoms with Gasteiger partial charge < -0.3 is 33.8 Å². The highest BCUT2D eigenvalue weighted by molar-refractivity contribution is 7.47. The molecule has 0 saturated heterocycles. The molecule has 17 nitrogen and oxygen atoms in total. The Bertz CT molecular complexity index is 1960. The zero-order chi connectivity index (χ0) is 73.8. The third-order valence-corrected chi connectivity index (χ3v) is 22.2. The molecule has 0 aromatic heterocycles. The number of hydrogen-bond acceptors (Lipinski definition) is 15. The molecule has 0 bridgehead atoms. The van der Waals surface area contributed by atoms with Gasteiger partial charge in [0.1, 0.15) is 19.3 Å². The van der Waals surface area contributed by atoms with Crippen molar-refractivity contribution < 1.29 is 80.2 Å². The van der Waals surface area contributed by atoms with Crippen LogP contribution in [0.2, 0.25) is 0 Å². The van der Waals surface area contributed by atoms with E-state index in [2.05, 4.69) is 55.4 Å². The van der Waals surface area contributed by atoms with Crippen molar-refractivity contribution >= 4 is 39.5 Å². The Labute approximate surface area is 613 Å². The number of phosphoric ester groups is 2. The van der Waals surface area contributed by atoms with Crippen LogP contribution in [0.25, 0.3) is 0 Å². The van der Waals surface area contributed by atoms with Crippen LogP contribution in [-0.2, 0) is 65.4 Å². The molecule has 0 spiro atoms. The molecule has 0 heterocycles. The number of phosphoric acid groups is 2. The van der Waals surface area contributed by atoms with Crippen molar-refractivity contribution in [2.75, 3.05) is 39.6 Å². The number of esters is 4. The van der Waals surface area contributed by atoms with Crippen LogP contribution >= 0.6 is 15.6 Å². The van der Waals surface area contributed by atoms with Crippen molar-refractivity contribution in [3.63, 3.8) is 0 Å². The van der Waals surface area contributed by atoms with Crippen molar-refractivity contribution in [3.8, 4) is 0 Å². The Hall–Kier alpha value is -1.94. The molecule has 9 atom stereocenters. The summed E-state index contributed by atoms with van der Waals surface area (Å²) in [4.78, 5) is 73.0. The molecule has 0 fully saturated rings. The van der Waals surface area contributed by atoms with Gasteiger partial charge in [-0.15, -0.1) is 0 Å². The van der Waals surface area contributed by atoms with Crippen molar-refractivity contribution in [3.05, 3.63) is 0 Å². The topological polar surface area (TPSA) is 237 Å². The van der Waals surface area contributed by atoms with Gasteiger partial charge >= 0.3 is 39.5 Å². The number of aliphatic hydroxyl groups is 1. The Morgan fingerprint density at radius 3 is 0.660 bits per heavy atom. The van der Waals surface area contributed by atoms with Gasteiger partial charge in [-0.25, -0.2) is 9.13 Å². The molecule has 0 aliphatic heterocycles. The van der Waals surface area contributed by atoms with Gasteiger partial charge in [0.25, 0.3) is 0 Å². The van der Waals surface area contributed by atoms with Gasteiger partial charge in [0.05, 0.1) is 26.4 Å². The highest BCUT2D eigenvalue weighted by Gasteiger charge is 2.30. The molecule has 100 heavy (non-hydrogen) atoms. The number of aliphatic hydroxyl groups excluding tert-OH is 1. The molecule has 0 rings (SSSR count). The third-order valence-electron chi connectivity index (χ3n) is 20.3. The minimum atomic E-state index is -4.96. The lowest BCUT2D eigenvalue weighted by Gasteiger charge is -2.21. The van der Waals surface area contributed by atoms with Crippen LogP contribution in [0.1, 0.15) is 415 Å². The molecule has 594 valence electrons. The lowest BCUT2D eigenvalue weighted by molar-refractivity contribution is -0.161. The van der Waals surface area contributed by atoms with Crippen LogP contribution in [-0.4, -0.2) is 96.7 Å². The van der Waals surface area contributed by atoms with E-state index in [4.69, 9.17) is 37.0 Å². The van der Waals surface area contributed by atoms with Crippen molar-refractivity contribution in [2.24, 2.45) is 23.7 Å². The van der Waals surface area contributed by atoms with Gasteiger partial charge in [0.15, 0.2) is 12.2 Å². The van der Waals surface area contributed by atoms with E-state index in [0.29, 0.717) is 25.7 Å². The highest BCUT2D eigenvalue weighted by atomic mass is 31.2. The maximum absolute atomic E-state index is 13.1. The predicted molar refractivity (Wildman–Crippen MR) is 409 cm³/mol. The summed E-state index contributed by atoms with van der Waals surface area (Å²) < 4.78 is 68.7. The van der Waals surface area contributed by atoms with Gasteiger partial charge in [-0.2, -0.15) is 0 Å². The first-order chi connectivity index (χ1) is 48.2. The maximum atomic E-state index is 13.1. The summed E-state index contributed by atoms with van der Waals surface area (Å²) in [6.07, 6.45) is 56.7. The van der Waals surface area contributed by atoms with Crippen LogP contribution in [0.4, 0.5) is 0 Å². The second-order valence-electron chi connectivity index (χ2n) is 30.1. The summed E-state index contributed by atoms with van der Waals surface area (Å²) in [5.74, 6) is 1.11. The van der Waals surface area contributed by atoms with E-state index < -0.39 is 97.5 Å². The van der Waals surface area contributed by atoms with E-state index in [1.807, 2.05) is 0 Å².